The smallest absolute Gasteiger partial charge is 0.168 e. The van der Waals surface area contributed by atoms with Crippen LogP contribution in [0.1, 0.15) is 6.42 Å². The molecule has 0 atom stereocenters. The Morgan fingerprint density at radius 3 is 2.67 bits per heavy atom. The summed E-state index contributed by atoms with van der Waals surface area (Å²) in [7, 11) is 0. The number of nitrogens with zero attached hydrogens (tertiary/aromatic N) is 1. The Bertz CT molecular complexity index is 187. The lowest BCUT2D eigenvalue weighted by Gasteiger charge is -2.29. The second-order valence-electron chi connectivity index (χ2n) is 2.52. The maximum Gasteiger partial charge on any atom is 0.168 e. The number of carbonyl (C=O) groups is 1. The molecule has 1 fully saturated rings. The second kappa shape index (κ2) is 4.22. The van der Waals surface area contributed by atoms with Crippen LogP contribution in [0.3, 0.4) is 0 Å². The van der Waals surface area contributed by atoms with E-state index in [2.05, 4.69) is 10.6 Å². The Balaban J connectivity index is 2.17. The summed E-state index contributed by atoms with van der Waals surface area (Å²) >= 11 is 4.82. The van der Waals surface area contributed by atoms with Gasteiger partial charge in [0.2, 0.25) is 0 Å². The van der Waals surface area contributed by atoms with Crippen LogP contribution in [0.4, 0.5) is 0 Å². The number of rotatable bonds is 3. The SMILES string of the molecule is O=C([O-])CCN1CNC(=S)NC1. The van der Waals surface area contributed by atoms with Crippen LogP contribution in [0.15, 0.2) is 0 Å². The van der Waals surface area contributed by atoms with Crippen LogP contribution in [0.25, 0.3) is 0 Å². The second-order valence-corrected chi connectivity index (χ2v) is 2.92. The van der Waals surface area contributed by atoms with Gasteiger partial charge in [0.25, 0.3) is 0 Å². The lowest BCUT2D eigenvalue weighted by atomic mass is 10.4. The van der Waals surface area contributed by atoms with Crippen LogP contribution >= 0.6 is 12.2 Å². The van der Waals surface area contributed by atoms with Crippen molar-refractivity contribution < 1.29 is 9.90 Å². The van der Waals surface area contributed by atoms with E-state index < -0.39 is 5.97 Å². The van der Waals surface area contributed by atoms with E-state index in [0.717, 1.165) is 0 Å². The van der Waals surface area contributed by atoms with Gasteiger partial charge in [-0.15, -0.1) is 0 Å². The summed E-state index contributed by atoms with van der Waals surface area (Å²) in [5.41, 5.74) is 0. The van der Waals surface area contributed by atoms with E-state index in [1.807, 2.05) is 4.90 Å². The largest absolute Gasteiger partial charge is 0.550 e. The van der Waals surface area contributed by atoms with E-state index >= 15 is 0 Å². The molecule has 12 heavy (non-hydrogen) atoms. The van der Waals surface area contributed by atoms with Gasteiger partial charge >= 0.3 is 0 Å². The Morgan fingerprint density at radius 2 is 2.17 bits per heavy atom. The molecule has 1 saturated heterocycles. The van der Waals surface area contributed by atoms with Gasteiger partial charge in [-0.3, -0.25) is 4.90 Å². The molecule has 0 saturated carbocycles. The van der Waals surface area contributed by atoms with Gasteiger partial charge in [-0.05, 0) is 18.6 Å². The molecule has 5 nitrogen and oxygen atoms in total. The molecule has 0 spiro atoms. The van der Waals surface area contributed by atoms with Crippen molar-refractivity contribution in [2.45, 2.75) is 6.42 Å². The molecule has 0 bridgehead atoms. The predicted molar refractivity (Wildman–Crippen MR) is 44.9 cm³/mol. The van der Waals surface area contributed by atoms with Gasteiger partial charge < -0.3 is 20.5 Å². The number of nitrogens with one attached hydrogen (secondary N) is 2. The molecule has 0 radical (unpaired) electrons. The van der Waals surface area contributed by atoms with Crippen LogP contribution in [0, 0.1) is 0 Å². The third-order valence-electron chi connectivity index (χ3n) is 1.56. The molecule has 1 aliphatic rings. The Labute approximate surface area is 75.7 Å². The minimum Gasteiger partial charge on any atom is -0.550 e. The van der Waals surface area contributed by atoms with Crippen LogP contribution in [-0.2, 0) is 4.79 Å². The Hall–Kier alpha value is -0.880. The maximum absolute atomic E-state index is 10.1. The first kappa shape index (κ1) is 9.21. The number of hydrogen-bond acceptors (Lipinski definition) is 4. The maximum atomic E-state index is 10.1. The predicted octanol–water partition coefficient (Wildman–Crippen LogP) is -2.18. The van der Waals surface area contributed by atoms with Crippen molar-refractivity contribution in [3.8, 4) is 0 Å². The lowest BCUT2D eigenvalue weighted by molar-refractivity contribution is -0.305. The van der Waals surface area contributed by atoms with Gasteiger partial charge in [-0.1, -0.05) is 0 Å². The van der Waals surface area contributed by atoms with Crippen LogP contribution in [0.5, 0.6) is 0 Å². The summed E-state index contributed by atoms with van der Waals surface area (Å²) < 4.78 is 0. The number of hydrogen-bond donors (Lipinski definition) is 2. The third-order valence-corrected chi connectivity index (χ3v) is 1.85. The molecule has 0 aromatic rings. The van der Waals surface area contributed by atoms with E-state index in [0.29, 0.717) is 25.0 Å². The molecule has 2 N–H and O–H groups in total. The quantitative estimate of drug-likeness (QED) is 0.491. The molecule has 1 heterocycles. The summed E-state index contributed by atoms with van der Waals surface area (Å²) in [4.78, 5) is 12.0. The van der Waals surface area contributed by atoms with Gasteiger partial charge in [0, 0.05) is 12.5 Å². The van der Waals surface area contributed by atoms with E-state index in [4.69, 9.17) is 12.2 Å². The standard InChI is InChI=1S/C6H11N3O2S/c10-5(11)1-2-9-3-7-6(12)8-4-9/h1-4H2,(H,10,11)(H2,7,8,12)/p-1. The lowest BCUT2D eigenvalue weighted by Crippen LogP contribution is -2.54. The van der Waals surface area contributed by atoms with Crippen LogP contribution in [-0.4, -0.2) is 35.9 Å². The molecule has 68 valence electrons. The van der Waals surface area contributed by atoms with Gasteiger partial charge in [0.1, 0.15) is 0 Å². The molecular weight excluding hydrogens is 178 g/mol. The summed E-state index contributed by atoms with van der Waals surface area (Å²) in [6.07, 6.45) is 0.0517. The number of carboxylic acid groups (broad SMARTS) is 1. The van der Waals surface area contributed by atoms with Gasteiger partial charge in [0.15, 0.2) is 5.11 Å². The fraction of sp³-hybridized carbons (Fsp3) is 0.667. The molecule has 0 aliphatic carbocycles. The molecule has 6 heteroatoms. The van der Waals surface area contributed by atoms with Crippen molar-refractivity contribution in [1.82, 2.24) is 15.5 Å². The van der Waals surface area contributed by atoms with Crippen molar-refractivity contribution in [2.75, 3.05) is 19.9 Å². The van der Waals surface area contributed by atoms with Crippen molar-refractivity contribution in [3.05, 3.63) is 0 Å². The monoisotopic (exact) mass is 188 g/mol. The molecule has 0 unspecified atom stereocenters. The Morgan fingerprint density at radius 1 is 1.58 bits per heavy atom. The zero-order chi connectivity index (χ0) is 8.97. The minimum atomic E-state index is -1.02. The van der Waals surface area contributed by atoms with Gasteiger partial charge in [-0.25, -0.2) is 0 Å². The number of thiocarbonyl (C=S) groups is 1. The summed E-state index contributed by atoms with van der Waals surface area (Å²) in [6.45, 7) is 1.67. The first-order valence-electron chi connectivity index (χ1n) is 3.62. The topological polar surface area (TPSA) is 67.4 Å². The minimum absolute atomic E-state index is 0.0517. The summed E-state index contributed by atoms with van der Waals surface area (Å²) in [5, 5.41) is 16.5. The molecule has 0 aromatic heterocycles. The fourth-order valence-corrected chi connectivity index (χ4v) is 1.02. The number of carbonyl (C=O) groups excluding carboxylic acids is 1. The van der Waals surface area contributed by atoms with E-state index in [1.165, 1.54) is 0 Å². The van der Waals surface area contributed by atoms with E-state index in [-0.39, 0.29) is 6.42 Å². The fourth-order valence-electron chi connectivity index (χ4n) is 0.893. The Kier molecular flexibility index (Phi) is 3.24. The highest BCUT2D eigenvalue weighted by Crippen LogP contribution is 1.91. The van der Waals surface area contributed by atoms with E-state index in [1.54, 1.807) is 0 Å². The first-order valence-corrected chi connectivity index (χ1v) is 4.03. The zero-order valence-corrected chi connectivity index (χ0v) is 7.32. The highest BCUT2D eigenvalue weighted by molar-refractivity contribution is 7.80. The van der Waals surface area contributed by atoms with Crippen LogP contribution in [0.2, 0.25) is 0 Å². The first-order chi connectivity index (χ1) is 5.68. The summed E-state index contributed by atoms with van der Waals surface area (Å²) in [5.74, 6) is -1.02. The average Bonchev–Trinajstić information content (AvgIpc) is 2.03. The normalized spacial score (nSPS) is 18.2. The molecule has 0 aromatic carbocycles. The van der Waals surface area contributed by atoms with Crippen molar-refractivity contribution in [1.29, 1.82) is 0 Å². The molecule has 1 rings (SSSR count). The van der Waals surface area contributed by atoms with E-state index in [9.17, 15) is 9.90 Å². The number of aliphatic carboxylic acids is 1. The molecular formula is C6H10N3O2S-. The third kappa shape index (κ3) is 3.02. The van der Waals surface area contributed by atoms with Crippen molar-refractivity contribution in [2.24, 2.45) is 0 Å². The highest BCUT2D eigenvalue weighted by atomic mass is 32.1. The van der Waals surface area contributed by atoms with Crippen molar-refractivity contribution >= 4 is 23.3 Å². The summed E-state index contributed by atoms with van der Waals surface area (Å²) in [6, 6.07) is 0. The van der Waals surface area contributed by atoms with Gasteiger partial charge in [-0.2, -0.15) is 0 Å². The zero-order valence-electron chi connectivity index (χ0n) is 6.50. The highest BCUT2D eigenvalue weighted by Gasteiger charge is 2.10. The number of carboxylic acids is 1. The van der Waals surface area contributed by atoms with Gasteiger partial charge in [0.05, 0.1) is 13.3 Å². The average molecular weight is 188 g/mol. The van der Waals surface area contributed by atoms with Crippen LogP contribution < -0.4 is 15.7 Å². The molecule has 1 aliphatic heterocycles. The molecule has 0 amide bonds. The van der Waals surface area contributed by atoms with Crippen molar-refractivity contribution in [3.63, 3.8) is 0 Å².